The van der Waals surface area contributed by atoms with Crippen molar-refractivity contribution in [1.29, 1.82) is 0 Å². The van der Waals surface area contributed by atoms with Gasteiger partial charge in [-0.05, 0) is 87.2 Å². The van der Waals surface area contributed by atoms with Gasteiger partial charge in [0.15, 0.2) is 0 Å². The summed E-state index contributed by atoms with van der Waals surface area (Å²) < 4.78 is 13.3. The van der Waals surface area contributed by atoms with Gasteiger partial charge < -0.3 is 20.0 Å². The van der Waals surface area contributed by atoms with Gasteiger partial charge in [-0.15, -0.1) is 0 Å². The largest absolute Gasteiger partial charge is 0.369 e. The van der Waals surface area contributed by atoms with Crippen molar-refractivity contribution in [2.24, 2.45) is 0 Å². The van der Waals surface area contributed by atoms with E-state index in [4.69, 9.17) is 0 Å². The minimum absolute atomic E-state index is 0.0188. The quantitative estimate of drug-likeness (QED) is 0.471. The summed E-state index contributed by atoms with van der Waals surface area (Å²) in [5.41, 5.74) is 3.98. The second kappa shape index (κ2) is 12.3. The highest BCUT2D eigenvalue weighted by atomic mass is 19.1. The average Bonchev–Trinajstić information content (AvgIpc) is 3.24. The van der Waals surface area contributed by atoms with Crippen LogP contribution in [0.2, 0.25) is 0 Å². The minimum Gasteiger partial charge on any atom is -0.369 e. The molecule has 3 aromatic rings. The molecule has 40 heavy (non-hydrogen) atoms. The predicted octanol–water partition coefficient (Wildman–Crippen LogP) is 5.37. The van der Waals surface area contributed by atoms with E-state index in [1.54, 1.807) is 12.1 Å². The Hall–Kier alpha value is -4.20. The van der Waals surface area contributed by atoms with Crippen molar-refractivity contribution in [3.8, 4) is 0 Å². The molecule has 0 atom stereocenters. The molecule has 7 nitrogen and oxygen atoms in total. The number of carbonyl (C=O) groups is 3. The number of anilines is 2. The maximum absolute atomic E-state index is 13.8. The Bertz CT molecular complexity index is 1370. The summed E-state index contributed by atoms with van der Waals surface area (Å²) in [4.78, 5) is 45.7. The smallest absolute Gasteiger partial charge is 0.256 e. The van der Waals surface area contributed by atoms with Gasteiger partial charge in [0.1, 0.15) is 5.82 Å². The van der Waals surface area contributed by atoms with Gasteiger partial charge in [0.05, 0.1) is 5.56 Å². The first-order chi connectivity index (χ1) is 19.4. The maximum Gasteiger partial charge on any atom is 0.256 e. The highest BCUT2D eigenvalue weighted by Gasteiger charge is 2.26. The van der Waals surface area contributed by atoms with Crippen molar-refractivity contribution < 1.29 is 18.8 Å². The Labute approximate surface area is 234 Å². The highest BCUT2D eigenvalue weighted by molar-refractivity contribution is 6.06. The third-order valence-corrected chi connectivity index (χ3v) is 7.66. The molecule has 2 aliphatic heterocycles. The molecule has 1 N–H and O–H groups in total. The third kappa shape index (κ3) is 6.33. The van der Waals surface area contributed by atoms with E-state index in [0.29, 0.717) is 61.6 Å². The average molecular weight is 543 g/mol. The topological polar surface area (TPSA) is 73.0 Å². The van der Waals surface area contributed by atoms with Crippen LogP contribution < -0.4 is 10.2 Å². The van der Waals surface area contributed by atoms with Crippen molar-refractivity contribution in [2.75, 3.05) is 49.5 Å². The van der Waals surface area contributed by atoms with Crippen molar-refractivity contribution in [3.05, 3.63) is 94.8 Å². The van der Waals surface area contributed by atoms with Crippen LogP contribution in [-0.4, -0.2) is 66.8 Å². The zero-order valence-corrected chi connectivity index (χ0v) is 22.9. The lowest BCUT2D eigenvalue weighted by Crippen LogP contribution is -2.38. The third-order valence-electron chi connectivity index (χ3n) is 7.66. The van der Waals surface area contributed by atoms with Crippen molar-refractivity contribution in [3.63, 3.8) is 0 Å². The molecule has 5 rings (SSSR count). The molecular weight excluding hydrogens is 507 g/mol. The molecule has 2 saturated heterocycles. The van der Waals surface area contributed by atoms with E-state index in [2.05, 4.69) is 10.2 Å². The standard InChI is InChI=1S/C32H35FN4O3/c1-23-6-8-25(9-7-23)31(39)37-19-5-18-35(20-21-37)29-15-14-27(34-30(38)24-10-12-26(33)13-11-24)22-28(29)32(40)36-16-3-2-4-17-36/h6-15,22H,2-5,16-21H2,1H3,(H,34,38). The molecular formula is C32H35FN4O3. The predicted molar refractivity (Wildman–Crippen MR) is 154 cm³/mol. The van der Waals surface area contributed by atoms with Gasteiger partial charge in [0.25, 0.3) is 17.7 Å². The second-order valence-electron chi connectivity index (χ2n) is 10.5. The van der Waals surface area contributed by atoms with Gasteiger partial charge in [-0.1, -0.05) is 17.7 Å². The van der Waals surface area contributed by atoms with Gasteiger partial charge in [-0.2, -0.15) is 0 Å². The lowest BCUT2D eigenvalue weighted by atomic mass is 10.1. The van der Waals surface area contributed by atoms with E-state index in [1.807, 2.05) is 47.1 Å². The molecule has 0 saturated carbocycles. The van der Waals surface area contributed by atoms with Crippen LogP contribution in [0.15, 0.2) is 66.7 Å². The van der Waals surface area contributed by atoms with Crippen LogP contribution in [0.25, 0.3) is 0 Å². The zero-order valence-electron chi connectivity index (χ0n) is 22.9. The molecule has 208 valence electrons. The van der Waals surface area contributed by atoms with Crippen LogP contribution in [0.3, 0.4) is 0 Å². The monoisotopic (exact) mass is 542 g/mol. The molecule has 0 spiro atoms. The van der Waals surface area contributed by atoms with Gasteiger partial charge in [0, 0.05) is 61.8 Å². The summed E-state index contributed by atoms with van der Waals surface area (Å²) in [5, 5.41) is 2.86. The molecule has 3 aromatic carbocycles. The van der Waals surface area contributed by atoms with Gasteiger partial charge in [0.2, 0.25) is 0 Å². The highest BCUT2D eigenvalue weighted by Crippen LogP contribution is 2.29. The van der Waals surface area contributed by atoms with Crippen LogP contribution in [0.5, 0.6) is 0 Å². The Kier molecular flexibility index (Phi) is 8.43. The molecule has 3 amide bonds. The lowest BCUT2D eigenvalue weighted by Gasteiger charge is -2.30. The molecule has 2 fully saturated rings. The molecule has 0 aromatic heterocycles. The molecule has 0 bridgehead atoms. The van der Waals surface area contributed by atoms with Crippen LogP contribution in [0.1, 0.15) is 62.3 Å². The van der Waals surface area contributed by atoms with Crippen molar-refractivity contribution in [1.82, 2.24) is 9.80 Å². The number of piperidine rings is 1. The number of likely N-dealkylation sites (tertiary alicyclic amines) is 1. The second-order valence-corrected chi connectivity index (χ2v) is 10.5. The first-order valence-electron chi connectivity index (χ1n) is 14.0. The van der Waals surface area contributed by atoms with E-state index in [0.717, 1.165) is 36.9 Å². The number of benzene rings is 3. The van der Waals surface area contributed by atoms with Crippen LogP contribution in [0.4, 0.5) is 15.8 Å². The maximum atomic E-state index is 13.8. The van der Waals surface area contributed by atoms with E-state index in [-0.39, 0.29) is 17.7 Å². The normalized spacial score (nSPS) is 15.9. The fourth-order valence-electron chi connectivity index (χ4n) is 5.37. The number of rotatable bonds is 5. The number of carbonyl (C=O) groups excluding carboxylic acids is 3. The van der Waals surface area contributed by atoms with E-state index in [9.17, 15) is 18.8 Å². The Balaban J connectivity index is 1.37. The van der Waals surface area contributed by atoms with E-state index >= 15 is 0 Å². The minimum atomic E-state index is -0.410. The summed E-state index contributed by atoms with van der Waals surface area (Å²) in [5.74, 6) is -0.814. The summed E-state index contributed by atoms with van der Waals surface area (Å²) in [6.45, 7) is 5.92. The molecule has 8 heteroatoms. The SMILES string of the molecule is Cc1ccc(C(=O)N2CCCN(c3ccc(NC(=O)c4ccc(F)cc4)cc3C(=O)N3CCCCC3)CC2)cc1. The molecule has 0 unspecified atom stereocenters. The number of halogens is 1. The zero-order chi connectivity index (χ0) is 28.1. The van der Waals surface area contributed by atoms with Gasteiger partial charge >= 0.3 is 0 Å². The van der Waals surface area contributed by atoms with Gasteiger partial charge in [-0.3, -0.25) is 14.4 Å². The fraction of sp³-hybridized carbons (Fsp3) is 0.344. The number of hydrogen-bond donors (Lipinski definition) is 1. The number of nitrogens with zero attached hydrogens (tertiary/aromatic N) is 3. The summed E-state index contributed by atoms with van der Waals surface area (Å²) in [7, 11) is 0. The van der Waals surface area contributed by atoms with Crippen LogP contribution >= 0.6 is 0 Å². The van der Waals surface area contributed by atoms with Crippen molar-refractivity contribution >= 4 is 29.1 Å². The van der Waals surface area contributed by atoms with Crippen LogP contribution in [0, 0.1) is 12.7 Å². The molecule has 0 radical (unpaired) electrons. The Morgan fingerprint density at radius 1 is 0.675 bits per heavy atom. The Morgan fingerprint density at radius 3 is 2.05 bits per heavy atom. The van der Waals surface area contributed by atoms with Crippen molar-refractivity contribution in [2.45, 2.75) is 32.6 Å². The first kappa shape index (κ1) is 27.4. The van der Waals surface area contributed by atoms with E-state index in [1.165, 1.54) is 24.3 Å². The summed E-state index contributed by atoms with van der Waals surface area (Å²) in [6, 6.07) is 18.4. The number of amides is 3. The molecule has 2 aliphatic rings. The molecule has 0 aliphatic carbocycles. The number of aryl methyl sites for hydroxylation is 1. The summed E-state index contributed by atoms with van der Waals surface area (Å²) in [6.07, 6.45) is 3.84. The van der Waals surface area contributed by atoms with E-state index < -0.39 is 5.82 Å². The Morgan fingerprint density at radius 2 is 1.32 bits per heavy atom. The lowest BCUT2D eigenvalue weighted by molar-refractivity contribution is 0.0723. The number of hydrogen-bond acceptors (Lipinski definition) is 4. The van der Waals surface area contributed by atoms with Gasteiger partial charge in [-0.25, -0.2) is 4.39 Å². The fourth-order valence-corrected chi connectivity index (χ4v) is 5.37. The van der Waals surface area contributed by atoms with Crippen LogP contribution in [-0.2, 0) is 0 Å². The number of nitrogens with one attached hydrogen (secondary N) is 1. The first-order valence-corrected chi connectivity index (χ1v) is 14.0. The summed E-state index contributed by atoms with van der Waals surface area (Å²) >= 11 is 0. The molecule has 2 heterocycles.